The molecule has 7 nitrogen and oxygen atoms in total. The van der Waals surface area contributed by atoms with Gasteiger partial charge in [0.1, 0.15) is 4.90 Å². The summed E-state index contributed by atoms with van der Waals surface area (Å²) in [5.41, 5.74) is 1.72. The van der Waals surface area contributed by atoms with Gasteiger partial charge in [-0.3, -0.25) is 13.9 Å². The molecule has 0 radical (unpaired) electrons. The van der Waals surface area contributed by atoms with Crippen molar-refractivity contribution in [1.29, 1.82) is 0 Å². The van der Waals surface area contributed by atoms with Gasteiger partial charge in [-0.25, -0.2) is 0 Å². The quantitative estimate of drug-likeness (QED) is 0.605. The van der Waals surface area contributed by atoms with E-state index in [1.807, 2.05) is 12.1 Å². The fourth-order valence-corrected chi connectivity index (χ4v) is 4.14. The van der Waals surface area contributed by atoms with Crippen molar-refractivity contribution in [3.63, 3.8) is 0 Å². The van der Waals surface area contributed by atoms with E-state index < -0.39 is 30.0 Å². The lowest BCUT2D eigenvalue weighted by Gasteiger charge is -2.17. The van der Waals surface area contributed by atoms with E-state index in [-0.39, 0.29) is 11.3 Å². The van der Waals surface area contributed by atoms with Crippen LogP contribution in [0.4, 0.5) is 0 Å². The zero-order valence-electron chi connectivity index (χ0n) is 13.3. The third kappa shape index (κ3) is 3.61. The first-order valence-electron chi connectivity index (χ1n) is 7.49. The van der Waals surface area contributed by atoms with E-state index in [1.54, 1.807) is 12.1 Å². The maximum Gasteiger partial charge on any atom is 0.295 e. The van der Waals surface area contributed by atoms with Crippen molar-refractivity contribution in [3.8, 4) is 0 Å². The summed E-state index contributed by atoms with van der Waals surface area (Å²) in [6.07, 6.45) is 2.29. The highest BCUT2D eigenvalue weighted by atomic mass is 32.2. The van der Waals surface area contributed by atoms with Crippen LogP contribution in [0.5, 0.6) is 0 Å². The maximum absolute atomic E-state index is 12.6. The summed E-state index contributed by atoms with van der Waals surface area (Å²) in [6, 6.07) is 9.84. The van der Waals surface area contributed by atoms with Crippen LogP contribution in [0.25, 0.3) is 6.08 Å². The molecule has 0 atom stereocenters. The lowest BCUT2D eigenvalue weighted by atomic mass is 9.86. The van der Waals surface area contributed by atoms with E-state index in [0.29, 0.717) is 30.0 Å². The molecule has 0 fully saturated rings. The van der Waals surface area contributed by atoms with Crippen molar-refractivity contribution < 1.29 is 30.7 Å². The summed E-state index contributed by atoms with van der Waals surface area (Å²) in [6.45, 7) is 0. The average molecular weight is 394 g/mol. The monoisotopic (exact) mass is 394 g/mol. The van der Waals surface area contributed by atoms with Crippen LogP contribution in [-0.4, -0.2) is 31.7 Å². The summed E-state index contributed by atoms with van der Waals surface area (Å²) in [4.78, 5) is 11.2. The van der Waals surface area contributed by atoms with E-state index in [9.17, 15) is 26.2 Å². The van der Waals surface area contributed by atoms with E-state index in [4.69, 9.17) is 4.55 Å². The number of benzene rings is 2. The second-order valence-corrected chi connectivity index (χ2v) is 8.62. The van der Waals surface area contributed by atoms with E-state index in [1.165, 1.54) is 6.08 Å². The maximum atomic E-state index is 12.6. The lowest BCUT2D eigenvalue weighted by molar-refractivity contribution is 0.102. The molecule has 0 aromatic heterocycles. The summed E-state index contributed by atoms with van der Waals surface area (Å²) < 4.78 is 64.1. The predicted octanol–water partition coefficient (Wildman–Crippen LogP) is 2.39. The minimum atomic E-state index is -4.78. The van der Waals surface area contributed by atoms with Gasteiger partial charge in [-0.1, -0.05) is 30.3 Å². The summed E-state index contributed by atoms with van der Waals surface area (Å²) in [5.74, 6) is -0.257. The van der Waals surface area contributed by atoms with Gasteiger partial charge in [0, 0.05) is 11.1 Å². The van der Waals surface area contributed by atoms with Crippen LogP contribution >= 0.6 is 0 Å². The fourth-order valence-electron chi connectivity index (χ4n) is 2.86. The molecule has 1 aliphatic rings. The molecule has 0 heterocycles. The fraction of sp³-hybridized carbons (Fsp3) is 0.118. The van der Waals surface area contributed by atoms with Crippen molar-refractivity contribution in [2.75, 3.05) is 0 Å². The van der Waals surface area contributed by atoms with Gasteiger partial charge in [0.2, 0.25) is 0 Å². The van der Waals surface area contributed by atoms with Crippen LogP contribution in [0.1, 0.15) is 27.9 Å². The van der Waals surface area contributed by atoms with Crippen LogP contribution in [0.3, 0.4) is 0 Å². The number of Topliss-reactive ketones (excluding diaryl/α,β-unsaturated/α-hetero) is 1. The van der Waals surface area contributed by atoms with Crippen LogP contribution in [0.2, 0.25) is 0 Å². The minimum Gasteiger partial charge on any atom is -0.289 e. The first-order valence-corrected chi connectivity index (χ1v) is 10.4. The molecular weight excluding hydrogens is 380 g/mol. The number of hydrogen-bond donors (Lipinski definition) is 2. The number of rotatable bonds is 3. The summed E-state index contributed by atoms with van der Waals surface area (Å²) in [5, 5.41) is 0. The lowest BCUT2D eigenvalue weighted by Crippen LogP contribution is -2.14. The molecular formula is C17H14O7S2. The zero-order valence-corrected chi connectivity index (χ0v) is 14.9. The Labute approximate surface area is 150 Å². The standard InChI is InChI=1S/C17H14O7S2/c18-17-13(6-5-11-3-1-2-4-15(11)17)9-12-7-8-14(25(19,20)21)10-16(12)26(22,23)24/h1-4,7-10H,5-6H2,(H,19,20,21)(H,22,23,24)/b13-9+. The van der Waals surface area contributed by atoms with E-state index in [0.717, 1.165) is 17.7 Å². The van der Waals surface area contributed by atoms with Crippen LogP contribution < -0.4 is 0 Å². The van der Waals surface area contributed by atoms with Crippen molar-refractivity contribution in [2.45, 2.75) is 22.6 Å². The van der Waals surface area contributed by atoms with Crippen LogP contribution in [0.15, 0.2) is 57.8 Å². The third-order valence-corrected chi connectivity index (χ3v) is 5.87. The Kier molecular flexibility index (Phi) is 4.57. The van der Waals surface area contributed by atoms with E-state index >= 15 is 0 Å². The van der Waals surface area contributed by atoms with Crippen molar-refractivity contribution in [3.05, 3.63) is 64.7 Å². The highest BCUT2D eigenvalue weighted by molar-refractivity contribution is 7.86. The first kappa shape index (κ1) is 18.5. The molecule has 3 rings (SSSR count). The Morgan fingerprint density at radius 3 is 2.23 bits per heavy atom. The molecule has 0 aliphatic heterocycles. The predicted molar refractivity (Wildman–Crippen MR) is 93.1 cm³/mol. The summed E-state index contributed by atoms with van der Waals surface area (Å²) in [7, 11) is -9.43. The Hall–Kier alpha value is -2.33. The normalized spacial score (nSPS) is 16.5. The van der Waals surface area contributed by atoms with Gasteiger partial charge in [-0.05, 0) is 42.2 Å². The van der Waals surface area contributed by atoms with Gasteiger partial charge < -0.3 is 0 Å². The smallest absolute Gasteiger partial charge is 0.289 e. The topological polar surface area (TPSA) is 126 Å². The molecule has 0 saturated carbocycles. The Morgan fingerprint density at radius 2 is 1.58 bits per heavy atom. The number of carbonyl (C=O) groups is 1. The second kappa shape index (κ2) is 6.44. The van der Waals surface area contributed by atoms with Crippen LogP contribution in [0, 0.1) is 0 Å². The number of allylic oxidation sites excluding steroid dienone is 1. The van der Waals surface area contributed by atoms with Crippen LogP contribution in [-0.2, 0) is 26.7 Å². The molecule has 0 spiro atoms. The molecule has 2 aromatic carbocycles. The second-order valence-electron chi connectivity index (χ2n) is 5.81. The number of fused-ring (bicyclic) bond motifs is 1. The number of carbonyl (C=O) groups excluding carboxylic acids is 1. The SMILES string of the molecule is O=C1/C(=C/c2ccc(S(=O)(=O)O)cc2S(=O)(=O)O)CCc2ccccc21. The number of hydrogen-bond acceptors (Lipinski definition) is 5. The highest BCUT2D eigenvalue weighted by Crippen LogP contribution is 2.29. The number of ketones is 1. The minimum absolute atomic E-state index is 0.0392. The van der Waals surface area contributed by atoms with Gasteiger partial charge in [0.05, 0.1) is 4.90 Å². The Balaban J connectivity index is 2.14. The van der Waals surface area contributed by atoms with Crippen molar-refractivity contribution >= 4 is 32.1 Å². The van der Waals surface area contributed by atoms with Gasteiger partial charge >= 0.3 is 0 Å². The number of aryl methyl sites for hydroxylation is 1. The van der Waals surface area contributed by atoms with Crippen molar-refractivity contribution in [2.24, 2.45) is 0 Å². The molecule has 2 N–H and O–H groups in total. The molecule has 0 unspecified atom stereocenters. The molecule has 0 saturated heterocycles. The molecule has 1 aliphatic carbocycles. The molecule has 0 amide bonds. The Bertz CT molecular complexity index is 1140. The molecule has 0 bridgehead atoms. The summed E-state index contributed by atoms with van der Waals surface area (Å²) >= 11 is 0. The molecule has 26 heavy (non-hydrogen) atoms. The first-order chi connectivity index (χ1) is 12.1. The molecule has 9 heteroatoms. The zero-order chi connectivity index (χ0) is 19.1. The average Bonchev–Trinajstić information content (AvgIpc) is 2.56. The largest absolute Gasteiger partial charge is 0.295 e. The third-order valence-electron chi connectivity index (χ3n) is 4.11. The molecule has 2 aromatic rings. The van der Waals surface area contributed by atoms with Gasteiger partial charge in [-0.2, -0.15) is 16.8 Å². The molecule has 136 valence electrons. The van der Waals surface area contributed by atoms with Crippen molar-refractivity contribution in [1.82, 2.24) is 0 Å². The van der Waals surface area contributed by atoms with Gasteiger partial charge in [0.15, 0.2) is 5.78 Å². The van der Waals surface area contributed by atoms with E-state index in [2.05, 4.69) is 0 Å². The van der Waals surface area contributed by atoms with Gasteiger partial charge in [0.25, 0.3) is 20.2 Å². The highest BCUT2D eigenvalue weighted by Gasteiger charge is 2.24. The van der Waals surface area contributed by atoms with Gasteiger partial charge in [-0.15, -0.1) is 0 Å². The Morgan fingerprint density at radius 1 is 0.885 bits per heavy atom.